The van der Waals surface area contributed by atoms with E-state index in [1.54, 1.807) is 111 Å². The number of ether oxygens (including phenoxy) is 9. The minimum absolute atomic E-state index is 0.0813. The highest BCUT2D eigenvalue weighted by atomic mass is 35.5. The Morgan fingerprint density at radius 2 is 1.38 bits per heavy atom. The summed E-state index contributed by atoms with van der Waals surface area (Å²) in [6, 6.07) is 30.0. The van der Waals surface area contributed by atoms with Gasteiger partial charge in [-0.1, -0.05) is 81.4 Å². The van der Waals surface area contributed by atoms with Crippen molar-refractivity contribution in [3.8, 4) is 23.0 Å². The van der Waals surface area contributed by atoms with Crippen LogP contribution in [0.25, 0.3) is 10.9 Å². The van der Waals surface area contributed by atoms with E-state index < -0.39 is 41.5 Å². The summed E-state index contributed by atoms with van der Waals surface area (Å²) in [7, 11) is 1.29. The quantitative estimate of drug-likeness (QED) is 0.0214. The van der Waals surface area contributed by atoms with E-state index in [2.05, 4.69) is 20.6 Å². The van der Waals surface area contributed by atoms with Crippen LogP contribution in [0.15, 0.2) is 115 Å². The van der Waals surface area contributed by atoms with Crippen LogP contribution in [0.4, 0.5) is 0 Å². The summed E-state index contributed by atoms with van der Waals surface area (Å²) >= 11 is 6.04. The van der Waals surface area contributed by atoms with Gasteiger partial charge in [-0.3, -0.25) is 19.2 Å². The van der Waals surface area contributed by atoms with Gasteiger partial charge in [-0.05, 0) is 59.7 Å². The molecule has 7 aromatic rings. The van der Waals surface area contributed by atoms with E-state index in [0.717, 1.165) is 22.2 Å². The first-order valence-electron chi connectivity index (χ1n) is 27.9. The summed E-state index contributed by atoms with van der Waals surface area (Å²) in [5.41, 5.74) is 5.06. The first kappa shape index (κ1) is 61.6. The number of rotatable bonds is 22. The highest BCUT2D eigenvalue weighted by Crippen LogP contribution is 2.57. The van der Waals surface area contributed by atoms with Crippen molar-refractivity contribution in [3.63, 3.8) is 0 Å². The van der Waals surface area contributed by atoms with E-state index >= 15 is 0 Å². The number of fused-ring (bicyclic) bond motifs is 9. The molecular weight excluding hydrogens is 1130 g/mol. The lowest BCUT2D eigenvalue weighted by molar-refractivity contribution is -0.154. The second kappa shape index (κ2) is 27.8. The van der Waals surface area contributed by atoms with Crippen molar-refractivity contribution in [2.75, 3.05) is 59.2 Å². The van der Waals surface area contributed by atoms with Crippen LogP contribution < -0.4 is 19.5 Å². The minimum atomic E-state index is -1.27. The van der Waals surface area contributed by atoms with E-state index in [1.807, 2.05) is 36.4 Å². The number of hydrogen-bond acceptors (Lipinski definition) is 18. The number of nitrogens with zero attached hydrogens (tertiary/aromatic N) is 4. The van der Waals surface area contributed by atoms with Gasteiger partial charge in [-0.15, -0.1) is 16.7 Å². The molecule has 2 amide bonds. The molecule has 23 heteroatoms. The van der Waals surface area contributed by atoms with Gasteiger partial charge in [-0.25, -0.2) is 19.1 Å². The number of aromatic amines is 1. The molecule has 450 valence electrons. The fourth-order valence-corrected chi connectivity index (χ4v) is 10.2. The molecule has 10 rings (SSSR count). The molecular formula is C63H65ClN6O16. The van der Waals surface area contributed by atoms with Crippen molar-refractivity contribution >= 4 is 64.2 Å². The van der Waals surface area contributed by atoms with Gasteiger partial charge < -0.3 is 57.8 Å². The monoisotopic (exact) mass is 1200 g/mol. The van der Waals surface area contributed by atoms with Gasteiger partial charge in [0.1, 0.15) is 47.2 Å². The van der Waals surface area contributed by atoms with Crippen LogP contribution >= 0.6 is 11.6 Å². The number of aromatic nitrogens is 4. The lowest BCUT2D eigenvalue weighted by atomic mass is 9.77. The van der Waals surface area contributed by atoms with E-state index in [1.165, 1.54) is 18.9 Å². The predicted molar refractivity (Wildman–Crippen MR) is 310 cm³/mol. The zero-order valence-corrected chi connectivity index (χ0v) is 49.0. The van der Waals surface area contributed by atoms with Crippen molar-refractivity contribution in [3.05, 3.63) is 166 Å². The summed E-state index contributed by atoms with van der Waals surface area (Å²) in [6.45, 7) is 11.8. The number of hydrogen-bond donors (Lipinski definition) is 2. The Morgan fingerprint density at radius 3 is 2.01 bits per heavy atom. The molecule has 0 fully saturated rings. The van der Waals surface area contributed by atoms with Crippen LogP contribution in [0.5, 0.6) is 23.0 Å². The number of esters is 5. The number of alkyl halides is 1. The molecule has 2 N–H and O–H groups in total. The molecule has 0 saturated carbocycles. The van der Waals surface area contributed by atoms with Crippen LogP contribution in [-0.4, -0.2) is 132 Å². The largest absolute Gasteiger partial charge is 0.467 e. The van der Waals surface area contributed by atoms with Crippen molar-refractivity contribution < 1.29 is 76.2 Å². The molecule has 86 heavy (non-hydrogen) atoms. The standard InChI is InChI=1S/C35H41ClN6O9.C28H24O7/c1-23(43)37-11-13-48-15-17-50-18-16-49-14-12-41-21-26(39-40-41)22-51-34(45)25-9-7-24(8-10-25)33-32-28(27-5-3-4-6-29(27)38-32)19-30(35(46)47-2)42(33)31(44)20-36;1-15(2)25(29)32-17-9-11-21-23(13-17)34-24-14-18(33-26(30)16(3)4)10-12-22(24)28(21)20-8-6-5-7-19(20)27(31)35-28/h3-10,21,30,33,38H,11-20,22H2,1-2H3,(H,37,43);5-16H,1-4H3/t30-,33+;/m1./s1. The summed E-state index contributed by atoms with van der Waals surface area (Å²) in [5.74, 6) is -2.42. The maximum Gasteiger partial charge on any atom is 0.340 e. The van der Waals surface area contributed by atoms with Gasteiger partial charge in [0.05, 0.1) is 88.5 Å². The zero-order valence-electron chi connectivity index (χ0n) is 48.3. The molecule has 3 aliphatic rings. The fourth-order valence-electron chi connectivity index (χ4n) is 10.1. The molecule has 1 spiro atoms. The minimum Gasteiger partial charge on any atom is -0.467 e. The third-order valence-electron chi connectivity index (χ3n) is 14.3. The maximum atomic E-state index is 13.2. The number of methoxy groups -OCH3 is 1. The van der Waals surface area contributed by atoms with Crippen molar-refractivity contribution in [1.29, 1.82) is 0 Å². The summed E-state index contributed by atoms with van der Waals surface area (Å²) in [6.07, 6.45) is 1.94. The van der Waals surface area contributed by atoms with Crippen LogP contribution in [-0.2, 0) is 77.6 Å². The Bertz CT molecular complexity index is 3560. The van der Waals surface area contributed by atoms with Gasteiger partial charge in [-0.2, -0.15) is 0 Å². The fraction of sp³-hybridized carbons (Fsp3) is 0.349. The Balaban J connectivity index is 0.000000220. The highest BCUT2D eigenvalue weighted by Gasteiger charge is 2.54. The van der Waals surface area contributed by atoms with Crippen LogP contribution in [0.3, 0.4) is 0 Å². The highest BCUT2D eigenvalue weighted by molar-refractivity contribution is 6.27. The van der Waals surface area contributed by atoms with Crippen molar-refractivity contribution in [2.24, 2.45) is 11.8 Å². The average Bonchev–Trinajstić information content (AvgIpc) is 1.52. The van der Waals surface area contributed by atoms with Gasteiger partial charge in [0.25, 0.3) is 0 Å². The number of benzene rings is 5. The van der Waals surface area contributed by atoms with Crippen LogP contribution in [0.2, 0.25) is 0 Å². The van der Waals surface area contributed by atoms with Crippen LogP contribution in [0.1, 0.15) is 101 Å². The topological polar surface area (TPSA) is 264 Å². The number of carbonyl (C=O) groups is 7. The van der Waals surface area contributed by atoms with Gasteiger partial charge in [0.2, 0.25) is 11.8 Å². The molecule has 0 bridgehead atoms. The number of H-pyrrole nitrogens is 1. The molecule has 2 atom stereocenters. The molecule has 0 unspecified atom stereocenters. The lowest BCUT2D eigenvalue weighted by Gasteiger charge is -2.40. The first-order chi connectivity index (χ1) is 41.5. The van der Waals surface area contributed by atoms with Crippen molar-refractivity contribution in [2.45, 2.75) is 71.9 Å². The first-order valence-corrected chi connectivity index (χ1v) is 28.5. The molecule has 0 aliphatic carbocycles. The second-order valence-electron chi connectivity index (χ2n) is 20.8. The van der Waals surface area contributed by atoms with Crippen molar-refractivity contribution in [1.82, 2.24) is 30.2 Å². The number of amides is 2. The Kier molecular flexibility index (Phi) is 19.9. The normalized spacial score (nSPS) is 15.1. The lowest BCUT2D eigenvalue weighted by Crippen LogP contribution is -2.52. The van der Waals surface area contributed by atoms with Crippen LogP contribution in [0, 0.1) is 11.8 Å². The molecule has 3 aliphatic heterocycles. The molecule has 0 radical (unpaired) electrons. The molecule has 22 nitrogen and oxygen atoms in total. The second-order valence-corrected chi connectivity index (χ2v) is 21.1. The van der Waals surface area contributed by atoms with E-state index in [9.17, 15) is 33.6 Å². The predicted octanol–water partition coefficient (Wildman–Crippen LogP) is 7.93. The maximum absolute atomic E-state index is 13.2. The van der Waals surface area contributed by atoms with E-state index in [-0.39, 0.29) is 48.6 Å². The molecule has 5 heterocycles. The molecule has 0 saturated heterocycles. The Morgan fingerprint density at radius 1 is 0.767 bits per heavy atom. The summed E-state index contributed by atoms with van der Waals surface area (Å²) < 4.78 is 51.8. The molecule has 2 aromatic heterocycles. The van der Waals surface area contributed by atoms with E-state index in [4.69, 9.17) is 54.2 Å². The smallest absolute Gasteiger partial charge is 0.340 e. The number of nitrogens with one attached hydrogen (secondary N) is 2. The van der Waals surface area contributed by atoms with E-state index in [0.29, 0.717) is 115 Å². The third-order valence-corrected chi connectivity index (χ3v) is 14.5. The number of carbonyl (C=O) groups excluding carboxylic acids is 7. The average molecular weight is 1200 g/mol. The Labute approximate surface area is 500 Å². The zero-order chi connectivity index (χ0) is 61.1. The number of para-hydroxylation sites is 1. The number of halogens is 1. The van der Waals surface area contributed by atoms with Gasteiger partial charge >= 0.3 is 29.8 Å². The van der Waals surface area contributed by atoms with Gasteiger partial charge in [0.15, 0.2) is 5.60 Å². The third kappa shape index (κ3) is 13.7. The summed E-state index contributed by atoms with van der Waals surface area (Å²) in [5, 5.41) is 11.7. The SMILES string of the molecule is CC(C)C(=O)Oc1ccc2c(c1)Oc1cc(OC(=O)C(C)C)ccc1C21OC(=O)c2ccccc21.COC(=O)[C@H]1Cc2c([nH]c3ccccc23)[C@H](c2ccc(C(=O)OCc3cn(CCOCCOCCOCCNC(C)=O)nn3)cc2)N1C(=O)CCl. The molecule has 5 aromatic carbocycles. The Hall–Kier alpha value is -8.96. The van der Waals surface area contributed by atoms with Gasteiger partial charge in [0, 0.05) is 65.3 Å². The summed E-state index contributed by atoms with van der Waals surface area (Å²) in [4.78, 5) is 92.1.